The van der Waals surface area contributed by atoms with Gasteiger partial charge >= 0.3 is 0 Å². The molecule has 1 saturated carbocycles. The van der Waals surface area contributed by atoms with Gasteiger partial charge in [0.15, 0.2) is 0 Å². The van der Waals surface area contributed by atoms with Crippen LogP contribution < -0.4 is 10.1 Å². The van der Waals surface area contributed by atoms with E-state index in [0.717, 1.165) is 11.7 Å². The van der Waals surface area contributed by atoms with Gasteiger partial charge in [0, 0.05) is 17.6 Å². The number of hydrogen-bond donors (Lipinski definition) is 2. The van der Waals surface area contributed by atoms with Crippen LogP contribution >= 0.6 is 11.6 Å². The Labute approximate surface area is 150 Å². The number of benzene rings is 1. The van der Waals surface area contributed by atoms with Crippen molar-refractivity contribution < 1.29 is 14.6 Å². The van der Waals surface area contributed by atoms with Crippen LogP contribution in [-0.2, 0) is 4.74 Å². The van der Waals surface area contributed by atoms with Crippen LogP contribution in [0, 0.1) is 11.8 Å². The number of rotatable bonds is 9. The molecule has 0 aliphatic heterocycles. The SMILES string of the molecule is C[C@H]1[C@@H](NC[C@H](O)COCCOc2ccc(Cl)cc2)CCC[C@@H]1C. The van der Waals surface area contributed by atoms with Gasteiger partial charge in [-0.05, 0) is 42.5 Å². The number of ether oxygens (including phenoxy) is 2. The third-order valence-corrected chi connectivity index (χ3v) is 5.19. The van der Waals surface area contributed by atoms with Gasteiger partial charge in [0.05, 0.1) is 19.3 Å². The van der Waals surface area contributed by atoms with E-state index >= 15 is 0 Å². The van der Waals surface area contributed by atoms with Gasteiger partial charge in [0.25, 0.3) is 0 Å². The zero-order valence-electron chi connectivity index (χ0n) is 14.7. The minimum atomic E-state index is -0.482. The van der Waals surface area contributed by atoms with Crippen molar-refractivity contribution in [2.45, 2.75) is 45.3 Å². The average molecular weight is 356 g/mol. The Morgan fingerprint density at radius 1 is 1.21 bits per heavy atom. The molecule has 2 N–H and O–H groups in total. The van der Waals surface area contributed by atoms with Crippen LogP contribution in [0.3, 0.4) is 0 Å². The smallest absolute Gasteiger partial charge is 0.119 e. The van der Waals surface area contributed by atoms with Crippen molar-refractivity contribution in [2.24, 2.45) is 11.8 Å². The molecule has 2 rings (SSSR count). The van der Waals surface area contributed by atoms with Crippen LogP contribution in [-0.4, -0.2) is 43.6 Å². The summed E-state index contributed by atoms with van der Waals surface area (Å²) in [5.74, 6) is 2.19. The highest BCUT2D eigenvalue weighted by molar-refractivity contribution is 6.30. The second-order valence-electron chi connectivity index (χ2n) is 6.81. The molecule has 1 aliphatic carbocycles. The van der Waals surface area contributed by atoms with Crippen molar-refractivity contribution in [3.8, 4) is 5.75 Å². The predicted molar refractivity (Wildman–Crippen MR) is 97.7 cm³/mol. The van der Waals surface area contributed by atoms with E-state index in [4.69, 9.17) is 21.1 Å². The van der Waals surface area contributed by atoms with Gasteiger partial charge in [-0.2, -0.15) is 0 Å². The first-order chi connectivity index (χ1) is 11.6. The zero-order valence-corrected chi connectivity index (χ0v) is 15.5. The summed E-state index contributed by atoms with van der Waals surface area (Å²) >= 11 is 5.82. The molecule has 0 heterocycles. The summed E-state index contributed by atoms with van der Waals surface area (Å²) in [4.78, 5) is 0. The summed E-state index contributed by atoms with van der Waals surface area (Å²) in [7, 11) is 0. The van der Waals surface area contributed by atoms with Crippen LogP contribution in [0.4, 0.5) is 0 Å². The molecular weight excluding hydrogens is 326 g/mol. The minimum Gasteiger partial charge on any atom is -0.491 e. The lowest BCUT2D eigenvalue weighted by atomic mass is 9.78. The molecule has 1 aliphatic rings. The molecule has 0 radical (unpaired) electrons. The average Bonchev–Trinajstić information content (AvgIpc) is 2.57. The number of halogens is 1. The van der Waals surface area contributed by atoms with Crippen LogP contribution in [0.15, 0.2) is 24.3 Å². The first kappa shape index (κ1) is 19.5. The van der Waals surface area contributed by atoms with Crippen molar-refractivity contribution in [1.82, 2.24) is 5.32 Å². The van der Waals surface area contributed by atoms with Crippen LogP contribution in [0.1, 0.15) is 33.1 Å². The molecule has 0 aromatic heterocycles. The molecule has 0 amide bonds. The van der Waals surface area contributed by atoms with E-state index in [-0.39, 0.29) is 0 Å². The lowest BCUT2D eigenvalue weighted by Crippen LogP contribution is -2.44. The van der Waals surface area contributed by atoms with E-state index in [1.807, 2.05) is 12.1 Å². The molecule has 136 valence electrons. The second kappa shape index (κ2) is 10.2. The van der Waals surface area contributed by atoms with Crippen molar-refractivity contribution in [3.63, 3.8) is 0 Å². The molecule has 0 saturated heterocycles. The molecule has 1 fully saturated rings. The summed E-state index contributed by atoms with van der Waals surface area (Å²) in [5.41, 5.74) is 0. The summed E-state index contributed by atoms with van der Waals surface area (Å²) in [6.45, 7) is 6.44. The number of aliphatic hydroxyl groups excluding tert-OH is 1. The highest BCUT2D eigenvalue weighted by atomic mass is 35.5. The van der Waals surface area contributed by atoms with Crippen molar-refractivity contribution in [2.75, 3.05) is 26.4 Å². The van der Waals surface area contributed by atoms with Gasteiger partial charge in [-0.15, -0.1) is 0 Å². The summed E-state index contributed by atoms with van der Waals surface area (Å²) in [5, 5.41) is 14.2. The molecule has 4 atom stereocenters. The second-order valence-corrected chi connectivity index (χ2v) is 7.25. The number of nitrogens with one attached hydrogen (secondary N) is 1. The van der Waals surface area contributed by atoms with Gasteiger partial charge in [-0.3, -0.25) is 0 Å². The molecule has 0 bridgehead atoms. The van der Waals surface area contributed by atoms with Crippen LogP contribution in [0.25, 0.3) is 0 Å². The Hall–Kier alpha value is -0.810. The fourth-order valence-electron chi connectivity index (χ4n) is 3.19. The fraction of sp³-hybridized carbons (Fsp3) is 0.684. The third-order valence-electron chi connectivity index (χ3n) is 4.94. The maximum absolute atomic E-state index is 10.0. The minimum absolute atomic E-state index is 0.327. The zero-order chi connectivity index (χ0) is 17.4. The largest absolute Gasteiger partial charge is 0.491 e. The van der Waals surface area contributed by atoms with Crippen molar-refractivity contribution in [3.05, 3.63) is 29.3 Å². The predicted octanol–water partition coefficient (Wildman–Crippen LogP) is 3.51. The number of hydrogen-bond acceptors (Lipinski definition) is 4. The maximum Gasteiger partial charge on any atom is 0.119 e. The monoisotopic (exact) mass is 355 g/mol. The van der Waals surface area contributed by atoms with E-state index in [1.165, 1.54) is 19.3 Å². The Morgan fingerprint density at radius 3 is 2.71 bits per heavy atom. The maximum atomic E-state index is 10.0. The van der Waals surface area contributed by atoms with Crippen molar-refractivity contribution in [1.29, 1.82) is 0 Å². The van der Waals surface area contributed by atoms with E-state index in [9.17, 15) is 5.11 Å². The van der Waals surface area contributed by atoms with Gasteiger partial charge in [-0.1, -0.05) is 38.3 Å². The fourth-order valence-corrected chi connectivity index (χ4v) is 3.31. The van der Waals surface area contributed by atoms with E-state index in [2.05, 4.69) is 19.2 Å². The Bertz CT molecular complexity index is 468. The molecule has 24 heavy (non-hydrogen) atoms. The normalized spacial score (nSPS) is 25.4. The third kappa shape index (κ3) is 6.60. The van der Waals surface area contributed by atoms with Gasteiger partial charge in [-0.25, -0.2) is 0 Å². The summed E-state index contributed by atoms with van der Waals surface area (Å²) < 4.78 is 11.0. The number of aliphatic hydroxyl groups is 1. The summed E-state index contributed by atoms with van der Waals surface area (Å²) in [6, 6.07) is 7.75. The highest BCUT2D eigenvalue weighted by Gasteiger charge is 2.26. The van der Waals surface area contributed by atoms with Gasteiger partial charge < -0.3 is 19.9 Å². The molecule has 4 nitrogen and oxygen atoms in total. The van der Waals surface area contributed by atoms with Crippen molar-refractivity contribution >= 4 is 11.6 Å². The van der Waals surface area contributed by atoms with E-state index in [0.29, 0.717) is 43.3 Å². The van der Waals surface area contributed by atoms with Gasteiger partial charge in [0.2, 0.25) is 0 Å². The Morgan fingerprint density at radius 2 is 1.96 bits per heavy atom. The quantitative estimate of drug-likeness (QED) is 0.665. The molecule has 1 aromatic carbocycles. The highest BCUT2D eigenvalue weighted by Crippen LogP contribution is 2.29. The standard InChI is InChI=1S/C19H30ClNO3/c1-14-4-3-5-19(15(14)2)21-12-17(22)13-23-10-11-24-18-8-6-16(20)7-9-18/h6-9,14-15,17,19,21-22H,3-5,10-13H2,1-2H3/t14-,15+,17-,19-/m0/s1. The molecular formula is C19H30ClNO3. The molecule has 1 aromatic rings. The van der Waals surface area contributed by atoms with Crippen LogP contribution in [0.5, 0.6) is 5.75 Å². The first-order valence-corrected chi connectivity index (χ1v) is 9.31. The first-order valence-electron chi connectivity index (χ1n) is 8.94. The van der Waals surface area contributed by atoms with E-state index < -0.39 is 6.10 Å². The summed E-state index contributed by atoms with van der Waals surface area (Å²) in [6.07, 6.45) is 3.31. The van der Waals surface area contributed by atoms with Crippen LogP contribution in [0.2, 0.25) is 5.02 Å². The lowest BCUT2D eigenvalue weighted by molar-refractivity contribution is 0.0217. The van der Waals surface area contributed by atoms with E-state index in [1.54, 1.807) is 12.1 Å². The topological polar surface area (TPSA) is 50.7 Å². The lowest BCUT2D eigenvalue weighted by Gasteiger charge is -2.35. The van der Waals surface area contributed by atoms with Gasteiger partial charge in [0.1, 0.15) is 12.4 Å². The molecule has 5 heteroatoms. The molecule has 0 spiro atoms. The Kier molecular flexibility index (Phi) is 8.33. The Balaban J connectivity index is 1.53. The molecule has 0 unspecified atom stereocenters.